The second-order valence-corrected chi connectivity index (χ2v) is 7.92. The first kappa shape index (κ1) is 15.5. The molecule has 0 saturated heterocycles. The lowest BCUT2D eigenvalue weighted by molar-refractivity contribution is 0.125. The zero-order valence-corrected chi connectivity index (χ0v) is 13.1. The first-order chi connectivity index (χ1) is 9.36. The van der Waals surface area contributed by atoms with Crippen LogP contribution in [-0.2, 0) is 14.6 Å². The first-order valence-electron chi connectivity index (χ1n) is 7.01. The van der Waals surface area contributed by atoms with Crippen molar-refractivity contribution >= 4 is 9.84 Å². The van der Waals surface area contributed by atoms with Gasteiger partial charge in [0.15, 0.2) is 9.84 Å². The summed E-state index contributed by atoms with van der Waals surface area (Å²) in [7, 11) is -3.18. The van der Waals surface area contributed by atoms with Gasteiger partial charge in [0, 0.05) is 18.3 Å². The van der Waals surface area contributed by atoms with Crippen LogP contribution in [0.3, 0.4) is 0 Å². The Balaban J connectivity index is 2.32. The monoisotopic (exact) mass is 297 g/mol. The first-order valence-corrected chi connectivity index (χ1v) is 8.73. The normalized spacial score (nSPS) is 29.4. The molecule has 1 aromatic carbocycles. The fourth-order valence-corrected chi connectivity index (χ4v) is 4.84. The van der Waals surface area contributed by atoms with Crippen LogP contribution in [0.25, 0.3) is 0 Å². The Hall–Kier alpha value is -0.910. The molecule has 1 aliphatic carbocycles. The predicted molar refractivity (Wildman–Crippen MR) is 80.6 cm³/mol. The zero-order chi connectivity index (χ0) is 15.0. The van der Waals surface area contributed by atoms with Gasteiger partial charge in [-0.15, -0.1) is 0 Å². The average molecular weight is 297 g/mol. The third kappa shape index (κ3) is 2.62. The number of hydrogen-bond acceptors (Lipinski definition) is 4. The number of sulfone groups is 1. The van der Waals surface area contributed by atoms with Gasteiger partial charge in [-0.25, -0.2) is 8.42 Å². The summed E-state index contributed by atoms with van der Waals surface area (Å²) in [4.78, 5) is 0. The van der Waals surface area contributed by atoms with Crippen LogP contribution in [0.2, 0.25) is 0 Å². The summed E-state index contributed by atoms with van der Waals surface area (Å²) in [6, 6.07) is 7.92. The average Bonchev–Trinajstić information content (AvgIpc) is 3.05. The zero-order valence-electron chi connectivity index (χ0n) is 12.3. The minimum atomic E-state index is -3.18. The van der Waals surface area contributed by atoms with Gasteiger partial charge in [-0.05, 0) is 19.4 Å². The summed E-state index contributed by atoms with van der Waals surface area (Å²) in [6.45, 7) is 6.38. The SMILES string of the molecule is CCOC[C@]1(N)[C@H](c2ccc(C)cc2)[C@H]1S(=O)(=O)CC. The third-order valence-corrected chi connectivity index (χ3v) is 6.37. The van der Waals surface area contributed by atoms with Crippen molar-refractivity contribution in [1.82, 2.24) is 0 Å². The van der Waals surface area contributed by atoms with Crippen molar-refractivity contribution in [3.63, 3.8) is 0 Å². The quantitative estimate of drug-likeness (QED) is 0.866. The lowest BCUT2D eigenvalue weighted by Crippen LogP contribution is -2.36. The highest BCUT2D eigenvalue weighted by Crippen LogP contribution is 2.54. The Labute approximate surface area is 121 Å². The molecule has 0 amide bonds. The minimum absolute atomic E-state index is 0.116. The summed E-state index contributed by atoms with van der Waals surface area (Å²) in [5.74, 6) is -0.0509. The van der Waals surface area contributed by atoms with Crippen LogP contribution in [-0.4, -0.2) is 38.2 Å². The molecule has 4 nitrogen and oxygen atoms in total. The number of aryl methyl sites for hydroxylation is 1. The molecule has 0 radical (unpaired) electrons. The van der Waals surface area contributed by atoms with Crippen molar-refractivity contribution in [3.05, 3.63) is 35.4 Å². The maximum absolute atomic E-state index is 12.3. The molecule has 1 saturated carbocycles. The van der Waals surface area contributed by atoms with Crippen LogP contribution in [0.4, 0.5) is 0 Å². The van der Waals surface area contributed by atoms with Crippen molar-refractivity contribution in [2.45, 2.75) is 37.5 Å². The molecule has 1 fully saturated rings. The Kier molecular flexibility index (Phi) is 4.23. The molecule has 0 bridgehead atoms. The predicted octanol–water partition coefficient (Wildman–Crippen LogP) is 1.63. The fraction of sp³-hybridized carbons (Fsp3) is 0.600. The van der Waals surface area contributed by atoms with Crippen molar-refractivity contribution in [1.29, 1.82) is 0 Å². The highest BCUT2D eigenvalue weighted by molar-refractivity contribution is 7.92. The van der Waals surface area contributed by atoms with E-state index in [9.17, 15) is 8.42 Å². The smallest absolute Gasteiger partial charge is 0.155 e. The van der Waals surface area contributed by atoms with E-state index in [0.717, 1.165) is 11.1 Å². The molecule has 0 aromatic heterocycles. The lowest BCUT2D eigenvalue weighted by Gasteiger charge is -2.12. The number of nitrogens with two attached hydrogens (primary N) is 1. The second kappa shape index (κ2) is 5.47. The van der Waals surface area contributed by atoms with Crippen LogP contribution >= 0.6 is 0 Å². The van der Waals surface area contributed by atoms with Gasteiger partial charge in [-0.3, -0.25) is 0 Å². The van der Waals surface area contributed by atoms with Crippen LogP contribution < -0.4 is 5.73 Å². The maximum atomic E-state index is 12.3. The van der Waals surface area contributed by atoms with E-state index in [0.29, 0.717) is 6.61 Å². The third-order valence-electron chi connectivity index (χ3n) is 4.08. The minimum Gasteiger partial charge on any atom is -0.380 e. The molecule has 0 spiro atoms. The Bertz CT molecular complexity index is 567. The van der Waals surface area contributed by atoms with Crippen LogP contribution in [0.1, 0.15) is 30.9 Å². The van der Waals surface area contributed by atoms with Crippen molar-refractivity contribution in [2.24, 2.45) is 5.73 Å². The molecule has 0 unspecified atom stereocenters. The van der Waals surface area contributed by atoms with E-state index < -0.39 is 20.6 Å². The Morgan fingerprint density at radius 1 is 1.25 bits per heavy atom. The van der Waals surface area contributed by atoms with Gasteiger partial charge in [0.05, 0.1) is 17.4 Å². The molecule has 20 heavy (non-hydrogen) atoms. The second-order valence-electron chi connectivity index (χ2n) is 5.51. The number of rotatable bonds is 6. The molecule has 3 atom stereocenters. The molecule has 2 rings (SSSR count). The fourth-order valence-electron chi connectivity index (χ4n) is 2.85. The Morgan fingerprint density at radius 2 is 1.85 bits per heavy atom. The van der Waals surface area contributed by atoms with Gasteiger partial charge in [-0.2, -0.15) is 0 Å². The molecule has 112 valence electrons. The van der Waals surface area contributed by atoms with E-state index in [1.165, 1.54) is 0 Å². The summed E-state index contributed by atoms with van der Waals surface area (Å²) < 4.78 is 29.9. The lowest BCUT2D eigenvalue weighted by atomic mass is 10.1. The molecule has 1 aliphatic rings. The van der Waals surface area contributed by atoms with Gasteiger partial charge in [0.2, 0.25) is 0 Å². The van der Waals surface area contributed by atoms with E-state index in [-0.39, 0.29) is 18.3 Å². The van der Waals surface area contributed by atoms with Gasteiger partial charge < -0.3 is 10.5 Å². The summed E-state index contributed by atoms with van der Waals surface area (Å²) in [6.07, 6.45) is 0. The van der Waals surface area contributed by atoms with Crippen LogP contribution in [0.5, 0.6) is 0 Å². The maximum Gasteiger partial charge on any atom is 0.155 e. The van der Waals surface area contributed by atoms with E-state index in [2.05, 4.69) is 0 Å². The number of hydrogen-bond donors (Lipinski definition) is 1. The molecule has 0 heterocycles. The number of benzene rings is 1. The van der Waals surface area contributed by atoms with E-state index in [1.54, 1.807) is 6.92 Å². The van der Waals surface area contributed by atoms with Gasteiger partial charge in [0.25, 0.3) is 0 Å². The van der Waals surface area contributed by atoms with Crippen molar-refractivity contribution < 1.29 is 13.2 Å². The van der Waals surface area contributed by atoms with Crippen LogP contribution in [0.15, 0.2) is 24.3 Å². The summed E-state index contributed by atoms with van der Waals surface area (Å²) in [5, 5.41) is -0.533. The highest BCUT2D eigenvalue weighted by atomic mass is 32.2. The van der Waals surface area contributed by atoms with Gasteiger partial charge >= 0.3 is 0 Å². The van der Waals surface area contributed by atoms with Crippen molar-refractivity contribution in [2.75, 3.05) is 19.0 Å². The van der Waals surface area contributed by atoms with E-state index >= 15 is 0 Å². The standard InChI is InChI=1S/C15H23NO3S/c1-4-19-10-15(16)13(14(15)20(17,18)5-2)12-8-6-11(3)7-9-12/h6-9,13-14H,4-5,10,16H2,1-3H3/t13-,14-,15+/m1/s1. The van der Waals surface area contributed by atoms with Gasteiger partial charge in [-0.1, -0.05) is 36.8 Å². The number of ether oxygens (including phenoxy) is 1. The van der Waals surface area contributed by atoms with E-state index in [4.69, 9.17) is 10.5 Å². The summed E-state index contributed by atoms with van der Waals surface area (Å²) >= 11 is 0. The van der Waals surface area contributed by atoms with Crippen molar-refractivity contribution in [3.8, 4) is 0 Å². The molecule has 5 heteroatoms. The largest absolute Gasteiger partial charge is 0.380 e. The molecular weight excluding hydrogens is 274 g/mol. The molecule has 1 aromatic rings. The highest BCUT2D eigenvalue weighted by Gasteiger charge is 2.68. The molecular formula is C15H23NO3S. The topological polar surface area (TPSA) is 69.4 Å². The van der Waals surface area contributed by atoms with E-state index in [1.807, 2.05) is 38.1 Å². The molecule has 2 N–H and O–H groups in total. The van der Waals surface area contributed by atoms with Crippen LogP contribution in [0, 0.1) is 6.92 Å². The molecule has 0 aliphatic heterocycles. The Morgan fingerprint density at radius 3 is 2.35 bits per heavy atom. The van der Waals surface area contributed by atoms with Gasteiger partial charge in [0.1, 0.15) is 0 Å². The summed E-state index contributed by atoms with van der Waals surface area (Å²) in [5.41, 5.74) is 7.69.